The fourth-order valence-corrected chi connectivity index (χ4v) is 0.849. The molecule has 0 rings (SSSR count). The van der Waals surface area contributed by atoms with Gasteiger partial charge in [0.2, 0.25) is 0 Å². The van der Waals surface area contributed by atoms with Crippen molar-refractivity contribution in [3.8, 4) is 0 Å². The van der Waals surface area contributed by atoms with Crippen LogP contribution in [0.4, 0.5) is 13.2 Å². The molecule has 0 bridgehead atoms. The van der Waals surface area contributed by atoms with Gasteiger partial charge in [0, 0.05) is 0 Å². The van der Waals surface area contributed by atoms with Gasteiger partial charge in [-0.3, -0.25) is 4.79 Å². The standard InChI is InChI=1S/C9H15F3O2/c1-4-6(2)8(13)14-7(3)5-9(10,11)12/h6-7H,4-5H2,1-3H3. The number of alkyl halides is 3. The lowest BCUT2D eigenvalue weighted by Crippen LogP contribution is -2.25. The molecular weight excluding hydrogens is 197 g/mol. The minimum atomic E-state index is -4.28. The first-order chi connectivity index (χ1) is 6.26. The summed E-state index contributed by atoms with van der Waals surface area (Å²) in [6.07, 6.45) is -5.90. The van der Waals surface area contributed by atoms with Gasteiger partial charge in [-0.05, 0) is 13.3 Å². The number of ether oxygens (including phenoxy) is 1. The molecule has 2 nitrogen and oxygen atoms in total. The van der Waals surface area contributed by atoms with E-state index in [1.165, 1.54) is 6.92 Å². The molecule has 0 aromatic rings. The Kier molecular flexibility index (Phi) is 4.94. The quantitative estimate of drug-likeness (QED) is 0.670. The van der Waals surface area contributed by atoms with Crippen molar-refractivity contribution in [2.24, 2.45) is 5.92 Å². The Morgan fingerprint density at radius 1 is 1.36 bits per heavy atom. The van der Waals surface area contributed by atoms with Crippen LogP contribution in [0.15, 0.2) is 0 Å². The van der Waals surface area contributed by atoms with Crippen molar-refractivity contribution in [1.82, 2.24) is 0 Å². The third-order valence-corrected chi connectivity index (χ3v) is 1.85. The second kappa shape index (κ2) is 5.22. The molecule has 2 atom stereocenters. The summed E-state index contributed by atoms with van der Waals surface area (Å²) in [6, 6.07) is 0. The van der Waals surface area contributed by atoms with Gasteiger partial charge in [0.05, 0.1) is 12.3 Å². The van der Waals surface area contributed by atoms with E-state index < -0.39 is 24.7 Å². The van der Waals surface area contributed by atoms with Gasteiger partial charge >= 0.3 is 12.1 Å². The molecule has 2 unspecified atom stereocenters. The third-order valence-electron chi connectivity index (χ3n) is 1.85. The minimum Gasteiger partial charge on any atom is -0.462 e. The summed E-state index contributed by atoms with van der Waals surface area (Å²) in [5, 5.41) is 0. The van der Waals surface area contributed by atoms with E-state index in [9.17, 15) is 18.0 Å². The Bertz CT molecular complexity index is 189. The van der Waals surface area contributed by atoms with Crippen LogP contribution in [0.2, 0.25) is 0 Å². The molecule has 0 amide bonds. The summed E-state index contributed by atoms with van der Waals surface area (Å²) in [7, 11) is 0. The zero-order valence-corrected chi connectivity index (χ0v) is 8.52. The Morgan fingerprint density at radius 2 is 1.86 bits per heavy atom. The molecule has 84 valence electrons. The average molecular weight is 212 g/mol. The molecule has 0 saturated heterocycles. The number of esters is 1. The van der Waals surface area contributed by atoms with Crippen molar-refractivity contribution in [3.63, 3.8) is 0 Å². The van der Waals surface area contributed by atoms with Gasteiger partial charge in [-0.1, -0.05) is 13.8 Å². The maximum Gasteiger partial charge on any atom is 0.392 e. The predicted molar refractivity (Wildman–Crippen MR) is 45.7 cm³/mol. The molecule has 0 fully saturated rings. The fraction of sp³-hybridized carbons (Fsp3) is 0.889. The summed E-state index contributed by atoms with van der Waals surface area (Å²) in [5.74, 6) is -0.907. The van der Waals surface area contributed by atoms with Gasteiger partial charge in [-0.2, -0.15) is 13.2 Å². The van der Waals surface area contributed by atoms with Crippen LogP contribution in [-0.2, 0) is 9.53 Å². The molecule has 0 aliphatic rings. The van der Waals surface area contributed by atoms with Crippen LogP contribution in [0.3, 0.4) is 0 Å². The van der Waals surface area contributed by atoms with Crippen molar-refractivity contribution < 1.29 is 22.7 Å². The summed E-state index contributed by atoms with van der Waals surface area (Å²) in [5.41, 5.74) is 0. The summed E-state index contributed by atoms with van der Waals surface area (Å²) < 4.78 is 40.2. The largest absolute Gasteiger partial charge is 0.462 e. The number of halogens is 3. The Hall–Kier alpha value is -0.740. The maximum absolute atomic E-state index is 11.8. The lowest BCUT2D eigenvalue weighted by molar-refractivity contribution is -0.173. The number of hydrogen-bond acceptors (Lipinski definition) is 2. The Labute approximate surface area is 81.4 Å². The van der Waals surface area contributed by atoms with Gasteiger partial charge in [0.1, 0.15) is 6.10 Å². The minimum absolute atomic E-state index is 0.342. The van der Waals surface area contributed by atoms with E-state index in [0.29, 0.717) is 6.42 Å². The molecule has 0 aliphatic carbocycles. The molecule has 0 aromatic heterocycles. The molecule has 0 aliphatic heterocycles. The number of carbonyl (C=O) groups is 1. The summed E-state index contributed by atoms with van der Waals surface area (Å²) in [6.45, 7) is 4.65. The molecule has 14 heavy (non-hydrogen) atoms. The van der Waals surface area contributed by atoms with Crippen molar-refractivity contribution >= 4 is 5.97 Å². The van der Waals surface area contributed by atoms with E-state index in [1.807, 2.05) is 0 Å². The van der Waals surface area contributed by atoms with Crippen LogP contribution in [0.5, 0.6) is 0 Å². The van der Waals surface area contributed by atoms with Crippen molar-refractivity contribution in [2.75, 3.05) is 0 Å². The van der Waals surface area contributed by atoms with Crippen molar-refractivity contribution in [2.45, 2.75) is 45.9 Å². The average Bonchev–Trinajstić information content (AvgIpc) is 1.99. The highest BCUT2D eigenvalue weighted by Crippen LogP contribution is 2.23. The normalized spacial score (nSPS) is 16.1. The highest BCUT2D eigenvalue weighted by molar-refractivity contribution is 5.72. The Morgan fingerprint density at radius 3 is 2.21 bits per heavy atom. The van der Waals surface area contributed by atoms with Gasteiger partial charge in [-0.15, -0.1) is 0 Å². The van der Waals surface area contributed by atoms with Crippen molar-refractivity contribution in [1.29, 1.82) is 0 Å². The SMILES string of the molecule is CCC(C)C(=O)OC(C)CC(F)(F)F. The molecule has 0 spiro atoms. The summed E-state index contributed by atoms with van der Waals surface area (Å²) in [4.78, 5) is 11.1. The van der Waals surface area contributed by atoms with Gasteiger partial charge in [0.25, 0.3) is 0 Å². The van der Waals surface area contributed by atoms with Crippen LogP contribution in [0.25, 0.3) is 0 Å². The lowest BCUT2D eigenvalue weighted by atomic mass is 10.1. The van der Waals surface area contributed by atoms with Crippen LogP contribution in [0.1, 0.15) is 33.6 Å². The van der Waals surface area contributed by atoms with Crippen molar-refractivity contribution in [3.05, 3.63) is 0 Å². The predicted octanol–water partition coefficient (Wildman–Crippen LogP) is 2.92. The zero-order valence-electron chi connectivity index (χ0n) is 8.52. The van der Waals surface area contributed by atoms with Crippen LogP contribution in [-0.4, -0.2) is 18.2 Å². The third kappa shape index (κ3) is 5.83. The zero-order chi connectivity index (χ0) is 11.4. The second-order valence-electron chi connectivity index (χ2n) is 3.38. The first kappa shape index (κ1) is 13.3. The molecule has 0 aromatic carbocycles. The maximum atomic E-state index is 11.8. The van der Waals surface area contributed by atoms with Crippen LogP contribution >= 0.6 is 0 Å². The van der Waals surface area contributed by atoms with Gasteiger partial charge < -0.3 is 4.74 Å². The molecule has 0 radical (unpaired) electrons. The first-order valence-electron chi connectivity index (χ1n) is 4.53. The number of rotatable bonds is 4. The number of hydrogen-bond donors (Lipinski definition) is 0. The van der Waals surface area contributed by atoms with Crippen LogP contribution in [0, 0.1) is 5.92 Å². The monoisotopic (exact) mass is 212 g/mol. The van der Waals surface area contributed by atoms with Crippen LogP contribution < -0.4 is 0 Å². The highest BCUT2D eigenvalue weighted by Gasteiger charge is 2.32. The van der Waals surface area contributed by atoms with E-state index in [0.717, 1.165) is 0 Å². The van der Waals surface area contributed by atoms with E-state index in [-0.39, 0.29) is 5.92 Å². The molecule has 0 saturated carbocycles. The van der Waals surface area contributed by atoms with Gasteiger partial charge in [-0.25, -0.2) is 0 Å². The van der Waals surface area contributed by atoms with E-state index in [1.54, 1.807) is 13.8 Å². The second-order valence-corrected chi connectivity index (χ2v) is 3.38. The first-order valence-corrected chi connectivity index (χ1v) is 4.53. The van der Waals surface area contributed by atoms with E-state index in [4.69, 9.17) is 0 Å². The number of carbonyl (C=O) groups excluding carboxylic acids is 1. The fourth-order valence-electron chi connectivity index (χ4n) is 0.849. The Balaban J connectivity index is 3.95. The molecule has 0 N–H and O–H groups in total. The molecule has 0 heterocycles. The topological polar surface area (TPSA) is 26.3 Å². The molecule has 5 heteroatoms. The smallest absolute Gasteiger partial charge is 0.392 e. The van der Waals surface area contributed by atoms with E-state index in [2.05, 4.69) is 4.74 Å². The van der Waals surface area contributed by atoms with E-state index >= 15 is 0 Å². The molecular formula is C9H15F3O2. The highest BCUT2D eigenvalue weighted by atomic mass is 19.4. The lowest BCUT2D eigenvalue weighted by Gasteiger charge is -2.17. The summed E-state index contributed by atoms with van der Waals surface area (Å²) >= 11 is 0. The van der Waals surface area contributed by atoms with Gasteiger partial charge in [0.15, 0.2) is 0 Å².